The van der Waals surface area contributed by atoms with Crippen molar-refractivity contribution in [3.8, 4) is 5.75 Å². The summed E-state index contributed by atoms with van der Waals surface area (Å²) in [6.07, 6.45) is 0. The number of likely N-dealkylation sites (N-methyl/N-ethyl adjacent to an activating group) is 2. The van der Waals surface area contributed by atoms with Crippen molar-refractivity contribution < 1.29 is 9.53 Å². The number of rotatable bonds is 7. The Balaban J connectivity index is 3.11. The van der Waals surface area contributed by atoms with Gasteiger partial charge in [-0.25, -0.2) is 0 Å². The Labute approximate surface area is 127 Å². The predicted octanol–water partition coefficient (Wildman–Crippen LogP) is 1.49. The molecule has 1 aromatic carbocycles. The number of nitrogens with two attached hydrogens (primary N) is 1. The van der Waals surface area contributed by atoms with E-state index in [1.54, 1.807) is 26.1 Å². The third-order valence-electron chi connectivity index (χ3n) is 3.59. The van der Waals surface area contributed by atoms with E-state index < -0.39 is 0 Å². The SMILES string of the molecule is CCN(CC(=O)N(C)C)C(c1ccccc1OC)C(C)N. The Hall–Kier alpha value is -1.59. The molecule has 0 bridgehead atoms. The molecule has 0 saturated heterocycles. The maximum atomic E-state index is 12.0. The molecular formula is C16H27N3O2. The first-order valence-electron chi connectivity index (χ1n) is 7.25. The van der Waals surface area contributed by atoms with Gasteiger partial charge in [0.1, 0.15) is 5.75 Å². The first-order chi connectivity index (χ1) is 9.92. The highest BCUT2D eigenvalue weighted by atomic mass is 16.5. The Bertz CT molecular complexity index is 461. The number of methoxy groups -OCH3 is 1. The second-order valence-electron chi connectivity index (χ2n) is 5.40. The molecule has 2 N–H and O–H groups in total. The summed E-state index contributed by atoms with van der Waals surface area (Å²) in [6, 6.07) is 7.66. The van der Waals surface area contributed by atoms with Crippen molar-refractivity contribution in [2.75, 3.05) is 34.3 Å². The average molecular weight is 293 g/mol. The molecule has 0 aliphatic heterocycles. The second kappa shape index (κ2) is 8.00. The lowest BCUT2D eigenvalue weighted by Gasteiger charge is -2.34. The van der Waals surface area contributed by atoms with Gasteiger partial charge in [0.2, 0.25) is 5.91 Å². The molecule has 0 aliphatic carbocycles. The van der Waals surface area contributed by atoms with Gasteiger partial charge in [0, 0.05) is 25.7 Å². The van der Waals surface area contributed by atoms with Crippen molar-refractivity contribution in [1.82, 2.24) is 9.80 Å². The zero-order chi connectivity index (χ0) is 16.0. The molecular weight excluding hydrogens is 266 g/mol. The van der Waals surface area contributed by atoms with Crippen LogP contribution in [0.15, 0.2) is 24.3 Å². The van der Waals surface area contributed by atoms with E-state index in [0.29, 0.717) is 6.54 Å². The largest absolute Gasteiger partial charge is 0.496 e. The highest BCUT2D eigenvalue weighted by Gasteiger charge is 2.27. The van der Waals surface area contributed by atoms with E-state index >= 15 is 0 Å². The molecule has 0 aliphatic rings. The van der Waals surface area contributed by atoms with Crippen LogP contribution < -0.4 is 10.5 Å². The third-order valence-corrected chi connectivity index (χ3v) is 3.59. The summed E-state index contributed by atoms with van der Waals surface area (Å²) >= 11 is 0. The number of amides is 1. The van der Waals surface area contributed by atoms with Crippen LogP contribution in [-0.2, 0) is 4.79 Å². The zero-order valence-corrected chi connectivity index (χ0v) is 13.7. The minimum atomic E-state index is -0.115. The van der Waals surface area contributed by atoms with E-state index in [1.165, 1.54) is 0 Å². The van der Waals surface area contributed by atoms with Crippen molar-refractivity contribution in [1.29, 1.82) is 0 Å². The van der Waals surface area contributed by atoms with Crippen LogP contribution in [-0.4, -0.2) is 56.0 Å². The third kappa shape index (κ3) is 4.44. The van der Waals surface area contributed by atoms with E-state index in [2.05, 4.69) is 4.90 Å². The fraction of sp³-hybridized carbons (Fsp3) is 0.562. The number of ether oxygens (including phenoxy) is 1. The van der Waals surface area contributed by atoms with Crippen LogP contribution in [0.5, 0.6) is 5.75 Å². The van der Waals surface area contributed by atoms with Crippen LogP contribution >= 0.6 is 0 Å². The Kier molecular flexibility index (Phi) is 6.65. The van der Waals surface area contributed by atoms with E-state index in [9.17, 15) is 4.79 Å². The number of nitrogens with zero attached hydrogens (tertiary/aromatic N) is 2. The van der Waals surface area contributed by atoms with Gasteiger partial charge in [0.05, 0.1) is 19.7 Å². The molecule has 21 heavy (non-hydrogen) atoms. The van der Waals surface area contributed by atoms with Gasteiger partial charge in [-0.05, 0) is 19.5 Å². The summed E-state index contributed by atoms with van der Waals surface area (Å²) in [5.41, 5.74) is 7.22. The van der Waals surface area contributed by atoms with Gasteiger partial charge < -0.3 is 15.4 Å². The van der Waals surface area contributed by atoms with Gasteiger partial charge in [-0.3, -0.25) is 9.69 Å². The van der Waals surface area contributed by atoms with Gasteiger partial charge >= 0.3 is 0 Å². The number of para-hydroxylation sites is 1. The molecule has 2 atom stereocenters. The van der Waals surface area contributed by atoms with Crippen molar-refractivity contribution in [3.05, 3.63) is 29.8 Å². The second-order valence-corrected chi connectivity index (χ2v) is 5.40. The van der Waals surface area contributed by atoms with Crippen molar-refractivity contribution in [2.24, 2.45) is 5.73 Å². The minimum absolute atomic E-state index is 0.0601. The van der Waals surface area contributed by atoms with E-state index in [1.807, 2.05) is 38.1 Å². The van der Waals surface area contributed by atoms with Gasteiger partial charge in [-0.2, -0.15) is 0 Å². The van der Waals surface area contributed by atoms with Crippen molar-refractivity contribution in [3.63, 3.8) is 0 Å². The summed E-state index contributed by atoms with van der Waals surface area (Å²) < 4.78 is 5.45. The molecule has 1 amide bonds. The predicted molar refractivity (Wildman–Crippen MR) is 85.3 cm³/mol. The molecule has 118 valence electrons. The Morgan fingerprint density at radius 2 is 1.95 bits per heavy atom. The number of hydrogen-bond acceptors (Lipinski definition) is 4. The lowest BCUT2D eigenvalue weighted by Crippen LogP contribution is -2.44. The average Bonchev–Trinajstić information content (AvgIpc) is 2.46. The lowest BCUT2D eigenvalue weighted by molar-refractivity contribution is -0.130. The van der Waals surface area contributed by atoms with Gasteiger partial charge in [0.25, 0.3) is 0 Å². The summed E-state index contributed by atoms with van der Waals surface area (Å²) in [5.74, 6) is 0.868. The maximum absolute atomic E-state index is 12.0. The van der Waals surface area contributed by atoms with Crippen LogP contribution in [0.2, 0.25) is 0 Å². The number of carbonyl (C=O) groups excluding carboxylic acids is 1. The van der Waals surface area contributed by atoms with E-state index in [4.69, 9.17) is 10.5 Å². The summed E-state index contributed by atoms with van der Waals surface area (Å²) in [7, 11) is 5.18. The molecule has 0 spiro atoms. The van der Waals surface area contributed by atoms with Crippen LogP contribution in [0.4, 0.5) is 0 Å². The summed E-state index contributed by atoms with van der Waals surface area (Å²) in [5, 5.41) is 0. The Morgan fingerprint density at radius 1 is 1.33 bits per heavy atom. The van der Waals surface area contributed by atoms with Crippen molar-refractivity contribution in [2.45, 2.75) is 25.9 Å². The first-order valence-corrected chi connectivity index (χ1v) is 7.25. The standard InChI is InChI=1S/C16H27N3O2/c1-6-19(11-15(20)18(3)4)16(12(2)17)13-9-7-8-10-14(13)21-5/h7-10,12,16H,6,11,17H2,1-5H3. The fourth-order valence-corrected chi connectivity index (χ4v) is 2.45. The molecule has 0 aromatic heterocycles. The fourth-order valence-electron chi connectivity index (χ4n) is 2.45. The number of hydrogen-bond donors (Lipinski definition) is 1. The molecule has 0 fully saturated rings. The summed E-state index contributed by atoms with van der Waals surface area (Å²) in [4.78, 5) is 15.7. The van der Waals surface area contributed by atoms with Crippen LogP contribution in [0, 0.1) is 0 Å². The minimum Gasteiger partial charge on any atom is -0.496 e. The Morgan fingerprint density at radius 3 is 2.43 bits per heavy atom. The topological polar surface area (TPSA) is 58.8 Å². The molecule has 5 heteroatoms. The van der Waals surface area contributed by atoms with E-state index in [0.717, 1.165) is 17.9 Å². The molecule has 5 nitrogen and oxygen atoms in total. The zero-order valence-electron chi connectivity index (χ0n) is 13.7. The van der Waals surface area contributed by atoms with Gasteiger partial charge in [-0.15, -0.1) is 0 Å². The lowest BCUT2D eigenvalue weighted by atomic mass is 9.98. The van der Waals surface area contributed by atoms with E-state index in [-0.39, 0.29) is 18.0 Å². The van der Waals surface area contributed by atoms with Crippen LogP contribution in [0.25, 0.3) is 0 Å². The van der Waals surface area contributed by atoms with Crippen molar-refractivity contribution >= 4 is 5.91 Å². The molecule has 1 aromatic rings. The molecule has 1 rings (SSSR count). The quantitative estimate of drug-likeness (QED) is 0.827. The molecule has 2 unspecified atom stereocenters. The van der Waals surface area contributed by atoms with Crippen LogP contribution in [0.1, 0.15) is 25.5 Å². The number of benzene rings is 1. The van der Waals surface area contributed by atoms with Crippen LogP contribution in [0.3, 0.4) is 0 Å². The normalized spacial score (nSPS) is 13.9. The maximum Gasteiger partial charge on any atom is 0.236 e. The monoisotopic (exact) mass is 293 g/mol. The molecule has 0 radical (unpaired) electrons. The number of carbonyl (C=O) groups is 1. The molecule has 0 heterocycles. The highest BCUT2D eigenvalue weighted by Crippen LogP contribution is 2.31. The van der Waals surface area contributed by atoms with Gasteiger partial charge in [-0.1, -0.05) is 25.1 Å². The summed E-state index contributed by atoms with van der Waals surface area (Å²) in [6.45, 7) is 5.07. The highest BCUT2D eigenvalue weighted by molar-refractivity contribution is 5.77. The first kappa shape index (κ1) is 17.5. The smallest absolute Gasteiger partial charge is 0.236 e. The molecule has 0 saturated carbocycles. The van der Waals surface area contributed by atoms with Gasteiger partial charge in [0.15, 0.2) is 0 Å².